The molecule has 0 aliphatic heterocycles. The van der Waals surface area contributed by atoms with Crippen molar-refractivity contribution in [3.8, 4) is 0 Å². The van der Waals surface area contributed by atoms with Gasteiger partial charge in [0, 0.05) is 16.2 Å². The van der Waals surface area contributed by atoms with Crippen molar-refractivity contribution in [1.29, 1.82) is 0 Å². The number of benzene rings is 1. The van der Waals surface area contributed by atoms with E-state index in [0.717, 1.165) is 17.3 Å². The van der Waals surface area contributed by atoms with Crippen LogP contribution >= 0.6 is 15.9 Å². The van der Waals surface area contributed by atoms with Crippen molar-refractivity contribution < 1.29 is 4.79 Å². The van der Waals surface area contributed by atoms with E-state index in [1.165, 1.54) is 5.56 Å². The van der Waals surface area contributed by atoms with Crippen molar-refractivity contribution >= 4 is 21.7 Å². The number of ketones is 1. The lowest BCUT2D eigenvalue weighted by atomic mass is 10.0. The fourth-order valence-electron chi connectivity index (χ4n) is 1.80. The number of pyridine rings is 1. The molecule has 1 aromatic heterocycles. The van der Waals surface area contributed by atoms with E-state index in [1.54, 1.807) is 12.3 Å². The monoisotopic (exact) mass is 303 g/mol. The maximum atomic E-state index is 12.2. The maximum absolute atomic E-state index is 12.2. The Bertz CT molecular complexity index is 549. The molecule has 0 saturated carbocycles. The van der Waals surface area contributed by atoms with E-state index in [-0.39, 0.29) is 5.78 Å². The highest BCUT2D eigenvalue weighted by Gasteiger charge is 2.13. The zero-order valence-electron chi connectivity index (χ0n) is 10.2. The van der Waals surface area contributed by atoms with Crippen LogP contribution in [0.25, 0.3) is 0 Å². The van der Waals surface area contributed by atoms with Crippen molar-refractivity contribution in [1.82, 2.24) is 4.98 Å². The third-order valence-corrected chi connectivity index (χ3v) is 3.37. The molecule has 0 N–H and O–H groups in total. The van der Waals surface area contributed by atoms with Crippen molar-refractivity contribution in [2.24, 2.45) is 0 Å². The molecule has 0 bridgehead atoms. The first-order chi connectivity index (χ1) is 8.72. The summed E-state index contributed by atoms with van der Waals surface area (Å²) in [6.45, 7) is 2.14. The van der Waals surface area contributed by atoms with Crippen LogP contribution in [-0.2, 0) is 6.42 Å². The molecule has 2 nitrogen and oxygen atoms in total. The molecular formula is C15H14BrNO. The summed E-state index contributed by atoms with van der Waals surface area (Å²) in [5.41, 5.74) is 2.39. The molecule has 0 aliphatic rings. The number of rotatable bonds is 4. The van der Waals surface area contributed by atoms with E-state index in [4.69, 9.17) is 0 Å². The molecule has 0 radical (unpaired) electrons. The van der Waals surface area contributed by atoms with Gasteiger partial charge in [0.1, 0.15) is 5.69 Å². The van der Waals surface area contributed by atoms with Crippen LogP contribution < -0.4 is 0 Å². The number of aromatic nitrogens is 1. The van der Waals surface area contributed by atoms with E-state index >= 15 is 0 Å². The molecule has 0 saturated heterocycles. The molecule has 0 atom stereocenters. The van der Waals surface area contributed by atoms with Crippen molar-refractivity contribution in [3.63, 3.8) is 0 Å². The highest BCUT2D eigenvalue weighted by Crippen LogP contribution is 2.18. The minimum atomic E-state index is -0.0504. The summed E-state index contributed by atoms with van der Waals surface area (Å²) in [5.74, 6) is -0.0504. The summed E-state index contributed by atoms with van der Waals surface area (Å²) in [5, 5.41) is 0. The number of carbonyl (C=O) groups excluding carboxylic acids is 1. The molecule has 2 aromatic rings. The number of aryl methyl sites for hydroxylation is 1. The first-order valence-electron chi connectivity index (χ1n) is 5.96. The van der Waals surface area contributed by atoms with Crippen molar-refractivity contribution in [2.75, 3.05) is 0 Å². The Hall–Kier alpha value is -1.48. The number of hydrogen-bond acceptors (Lipinski definition) is 2. The van der Waals surface area contributed by atoms with Gasteiger partial charge in [0.25, 0.3) is 0 Å². The largest absolute Gasteiger partial charge is 0.287 e. The van der Waals surface area contributed by atoms with Gasteiger partial charge in [-0.25, -0.2) is 0 Å². The molecule has 3 heteroatoms. The molecule has 18 heavy (non-hydrogen) atoms. The summed E-state index contributed by atoms with van der Waals surface area (Å²) in [6.07, 6.45) is 3.78. The minimum Gasteiger partial charge on any atom is -0.287 e. The van der Waals surface area contributed by atoms with Crippen molar-refractivity contribution in [2.45, 2.75) is 19.8 Å². The van der Waals surface area contributed by atoms with Crippen LogP contribution in [-0.4, -0.2) is 10.8 Å². The Morgan fingerprint density at radius 1 is 1.22 bits per heavy atom. The molecule has 0 spiro atoms. The SMILES string of the molecule is CCCc1ccc(C(=O)c2ncccc2Br)cc1. The maximum Gasteiger partial charge on any atom is 0.212 e. The van der Waals surface area contributed by atoms with Crippen LogP contribution in [0.2, 0.25) is 0 Å². The number of carbonyl (C=O) groups is 1. The van der Waals surface area contributed by atoms with Gasteiger partial charge in [0.15, 0.2) is 0 Å². The Balaban J connectivity index is 2.27. The zero-order chi connectivity index (χ0) is 13.0. The molecule has 2 rings (SSSR count). The number of halogens is 1. The predicted molar refractivity (Wildman–Crippen MR) is 75.8 cm³/mol. The second-order valence-corrected chi connectivity index (χ2v) is 4.96. The van der Waals surface area contributed by atoms with Gasteiger partial charge in [-0.05, 0) is 40.0 Å². The fraction of sp³-hybridized carbons (Fsp3) is 0.200. The highest BCUT2D eigenvalue weighted by molar-refractivity contribution is 9.10. The predicted octanol–water partition coefficient (Wildman–Crippen LogP) is 4.03. The quantitative estimate of drug-likeness (QED) is 0.798. The summed E-state index contributed by atoms with van der Waals surface area (Å²) in [6, 6.07) is 11.4. The Labute approximate surface area is 115 Å². The minimum absolute atomic E-state index is 0.0504. The summed E-state index contributed by atoms with van der Waals surface area (Å²) in [4.78, 5) is 16.4. The zero-order valence-corrected chi connectivity index (χ0v) is 11.8. The third kappa shape index (κ3) is 2.85. The second kappa shape index (κ2) is 5.91. The Morgan fingerprint density at radius 2 is 1.94 bits per heavy atom. The van der Waals surface area contributed by atoms with Crippen LogP contribution in [0.5, 0.6) is 0 Å². The molecule has 0 fully saturated rings. The smallest absolute Gasteiger partial charge is 0.212 e. The number of hydrogen-bond donors (Lipinski definition) is 0. The molecule has 1 heterocycles. The lowest BCUT2D eigenvalue weighted by Gasteiger charge is -2.04. The molecule has 92 valence electrons. The molecule has 0 unspecified atom stereocenters. The number of nitrogens with zero attached hydrogens (tertiary/aromatic N) is 1. The lowest BCUT2D eigenvalue weighted by Crippen LogP contribution is -2.04. The normalized spacial score (nSPS) is 10.3. The van der Waals surface area contributed by atoms with Gasteiger partial charge in [-0.2, -0.15) is 0 Å². The van der Waals surface area contributed by atoms with Crippen LogP contribution in [0, 0.1) is 0 Å². The second-order valence-electron chi connectivity index (χ2n) is 4.11. The van der Waals surface area contributed by atoms with E-state index < -0.39 is 0 Å². The van der Waals surface area contributed by atoms with Crippen LogP contribution in [0.15, 0.2) is 47.1 Å². The summed E-state index contributed by atoms with van der Waals surface area (Å²) < 4.78 is 0.729. The van der Waals surface area contributed by atoms with Gasteiger partial charge in [0.2, 0.25) is 5.78 Å². The third-order valence-electron chi connectivity index (χ3n) is 2.73. The summed E-state index contributed by atoms with van der Waals surface area (Å²) in [7, 11) is 0. The van der Waals surface area contributed by atoms with E-state index in [9.17, 15) is 4.79 Å². The average molecular weight is 304 g/mol. The Kier molecular flexibility index (Phi) is 4.26. The highest BCUT2D eigenvalue weighted by atomic mass is 79.9. The van der Waals surface area contributed by atoms with Gasteiger partial charge in [-0.15, -0.1) is 0 Å². The van der Waals surface area contributed by atoms with Gasteiger partial charge >= 0.3 is 0 Å². The fourth-order valence-corrected chi connectivity index (χ4v) is 2.24. The van der Waals surface area contributed by atoms with Gasteiger partial charge in [-0.1, -0.05) is 37.6 Å². The van der Waals surface area contributed by atoms with E-state index in [2.05, 4.69) is 27.8 Å². The lowest BCUT2D eigenvalue weighted by molar-refractivity contribution is 0.103. The molecule has 0 aliphatic carbocycles. The van der Waals surface area contributed by atoms with Crippen molar-refractivity contribution in [3.05, 3.63) is 63.9 Å². The van der Waals surface area contributed by atoms with Gasteiger partial charge in [0.05, 0.1) is 0 Å². The average Bonchev–Trinajstić information content (AvgIpc) is 2.40. The standard InChI is InChI=1S/C15H14BrNO/c1-2-4-11-6-8-12(9-7-11)15(18)14-13(16)5-3-10-17-14/h3,5-10H,2,4H2,1H3. The van der Waals surface area contributed by atoms with Crippen LogP contribution in [0.3, 0.4) is 0 Å². The van der Waals surface area contributed by atoms with Gasteiger partial charge < -0.3 is 0 Å². The first kappa shape index (κ1) is 13.0. The van der Waals surface area contributed by atoms with Crippen LogP contribution in [0.4, 0.5) is 0 Å². The molecule has 0 amide bonds. The first-order valence-corrected chi connectivity index (χ1v) is 6.76. The van der Waals surface area contributed by atoms with E-state index in [1.807, 2.05) is 30.3 Å². The molecule has 1 aromatic carbocycles. The molecular weight excluding hydrogens is 290 g/mol. The summed E-state index contributed by atoms with van der Waals surface area (Å²) >= 11 is 3.35. The topological polar surface area (TPSA) is 30.0 Å². The van der Waals surface area contributed by atoms with Crippen LogP contribution in [0.1, 0.15) is 35.0 Å². The van der Waals surface area contributed by atoms with Gasteiger partial charge in [-0.3, -0.25) is 9.78 Å². The Morgan fingerprint density at radius 3 is 2.56 bits per heavy atom. The van der Waals surface area contributed by atoms with E-state index in [0.29, 0.717) is 11.3 Å².